The number of carbonyl (C=O) groups excluding carboxylic acids is 1. The summed E-state index contributed by atoms with van der Waals surface area (Å²) in [5.41, 5.74) is 0.547. The van der Waals surface area contributed by atoms with E-state index in [9.17, 15) is 4.79 Å². The highest BCUT2D eigenvalue weighted by molar-refractivity contribution is 5.50. The van der Waals surface area contributed by atoms with E-state index in [4.69, 9.17) is 0 Å². The van der Waals surface area contributed by atoms with Crippen LogP contribution in [0.3, 0.4) is 0 Å². The average molecular weight is 152 g/mol. The zero-order valence-electron chi connectivity index (χ0n) is 7.18. The van der Waals surface area contributed by atoms with Crippen LogP contribution in [0.4, 0.5) is 0 Å². The van der Waals surface area contributed by atoms with Gasteiger partial charge in [0, 0.05) is 6.42 Å². The summed E-state index contributed by atoms with van der Waals surface area (Å²) >= 11 is 0. The Morgan fingerprint density at radius 2 is 2.45 bits per heavy atom. The number of fused-ring (bicyclic) bond motifs is 2. The maximum Gasteiger partial charge on any atom is 0.120 e. The predicted octanol–water partition coefficient (Wildman–Crippen LogP) is 2.40. The van der Waals surface area contributed by atoms with Crippen LogP contribution in [0.1, 0.15) is 39.0 Å². The molecule has 1 heteroatoms. The molecule has 0 aromatic rings. The van der Waals surface area contributed by atoms with E-state index in [1.54, 1.807) is 0 Å². The van der Waals surface area contributed by atoms with Crippen molar-refractivity contribution in [3.8, 4) is 0 Å². The van der Waals surface area contributed by atoms with Gasteiger partial charge < -0.3 is 4.79 Å². The van der Waals surface area contributed by atoms with Gasteiger partial charge in [-0.15, -0.1) is 0 Å². The fourth-order valence-corrected chi connectivity index (χ4v) is 3.15. The fourth-order valence-electron chi connectivity index (χ4n) is 3.15. The van der Waals surface area contributed by atoms with Crippen LogP contribution in [0.25, 0.3) is 0 Å². The van der Waals surface area contributed by atoms with Crippen molar-refractivity contribution in [3.63, 3.8) is 0 Å². The standard InChI is InChI=1S/C10H16O/c1-10-4-2-8(7-10)6-9(10)3-5-11/h5,8-9H,2-4,6-7H2,1H3/t8?,9-,10+/m1/s1. The minimum atomic E-state index is 0.547. The minimum Gasteiger partial charge on any atom is -0.303 e. The maximum absolute atomic E-state index is 10.4. The summed E-state index contributed by atoms with van der Waals surface area (Å²) in [4.78, 5) is 10.4. The molecular formula is C10H16O. The summed E-state index contributed by atoms with van der Waals surface area (Å²) in [5, 5.41) is 0. The van der Waals surface area contributed by atoms with Gasteiger partial charge in [-0.3, -0.25) is 0 Å². The average Bonchev–Trinajstić information content (AvgIpc) is 2.44. The van der Waals surface area contributed by atoms with Gasteiger partial charge in [-0.25, -0.2) is 0 Å². The van der Waals surface area contributed by atoms with Gasteiger partial charge in [0.15, 0.2) is 0 Å². The number of carbonyl (C=O) groups is 1. The van der Waals surface area contributed by atoms with Gasteiger partial charge in [0.05, 0.1) is 0 Å². The van der Waals surface area contributed by atoms with Gasteiger partial charge in [0.2, 0.25) is 0 Å². The molecule has 2 aliphatic rings. The molecule has 2 saturated carbocycles. The van der Waals surface area contributed by atoms with Crippen molar-refractivity contribution in [2.75, 3.05) is 0 Å². The van der Waals surface area contributed by atoms with Gasteiger partial charge in [-0.2, -0.15) is 0 Å². The molecule has 11 heavy (non-hydrogen) atoms. The van der Waals surface area contributed by atoms with E-state index in [2.05, 4.69) is 6.92 Å². The molecule has 0 aromatic heterocycles. The van der Waals surface area contributed by atoms with Gasteiger partial charge >= 0.3 is 0 Å². The Morgan fingerprint density at radius 3 is 2.91 bits per heavy atom. The van der Waals surface area contributed by atoms with E-state index >= 15 is 0 Å². The van der Waals surface area contributed by atoms with Crippen LogP contribution in [-0.4, -0.2) is 6.29 Å². The number of rotatable bonds is 2. The Labute approximate surface area is 68.2 Å². The molecule has 2 bridgehead atoms. The first kappa shape index (κ1) is 7.33. The Morgan fingerprint density at radius 1 is 1.64 bits per heavy atom. The quantitative estimate of drug-likeness (QED) is 0.555. The third-order valence-electron chi connectivity index (χ3n) is 3.86. The van der Waals surface area contributed by atoms with Crippen molar-refractivity contribution in [2.45, 2.75) is 39.0 Å². The highest BCUT2D eigenvalue weighted by atomic mass is 16.1. The summed E-state index contributed by atoms with van der Waals surface area (Å²) in [5.74, 6) is 1.68. The van der Waals surface area contributed by atoms with Gasteiger partial charge in [-0.1, -0.05) is 6.92 Å². The molecule has 2 fully saturated rings. The first-order chi connectivity index (χ1) is 5.24. The fraction of sp³-hybridized carbons (Fsp3) is 0.900. The van der Waals surface area contributed by atoms with E-state index in [1.807, 2.05) is 0 Å². The Hall–Kier alpha value is -0.330. The molecule has 1 nitrogen and oxygen atoms in total. The van der Waals surface area contributed by atoms with Crippen molar-refractivity contribution in [1.29, 1.82) is 0 Å². The first-order valence-corrected chi connectivity index (χ1v) is 4.68. The van der Waals surface area contributed by atoms with Crippen LogP contribution < -0.4 is 0 Å². The molecule has 0 radical (unpaired) electrons. The van der Waals surface area contributed by atoms with Crippen LogP contribution >= 0.6 is 0 Å². The summed E-state index contributed by atoms with van der Waals surface area (Å²) in [6, 6.07) is 0. The van der Waals surface area contributed by atoms with E-state index in [0.717, 1.165) is 24.5 Å². The largest absolute Gasteiger partial charge is 0.303 e. The molecule has 0 aliphatic heterocycles. The predicted molar refractivity (Wildman–Crippen MR) is 44.2 cm³/mol. The van der Waals surface area contributed by atoms with Crippen molar-refractivity contribution >= 4 is 6.29 Å². The normalized spacial score (nSPS) is 48.1. The van der Waals surface area contributed by atoms with Crippen LogP contribution in [0.15, 0.2) is 0 Å². The lowest BCUT2D eigenvalue weighted by molar-refractivity contribution is -0.109. The lowest BCUT2D eigenvalue weighted by Crippen LogP contribution is -2.21. The van der Waals surface area contributed by atoms with Crippen molar-refractivity contribution in [3.05, 3.63) is 0 Å². The van der Waals surface area contributed by atoms with E-state index in [0.29, 0.717) is 5.41 Å². The molecular weight excluding hydrogens is 136 g/mol. The SMILES string of the molecule is C[C@@]12CCC(C[C@H]1CC=O)C2. The molecule has 2 aliphatic carbocycles. The second-order valence-electron chi connectivity index (χ2n) is 4.60. The third kappa shape index (κ3) is 1.02. The van der Waals surface area contributed by atoms with E-state index in [1.165, 1.54) is 25.7 Å². The molecule has 62 valence electrons. The number of hydrogen-bond donors (Lipinski definition) is 0. The molecule has 0 N–H and O–H groups in total. The van der Waals surface area contributed by atoms with Crippen LogP contribution in [-0.2, 0) is 4.79 Å². The highest BCUT2D eigenvalue weighted by Crippen LogP contribution is 2.58. The maximum atomic E-state index is 10.4. The minimum absolute atomic E-state index is 0.547. The second-order valence-corrected chi connectivity index (χ2v) is 4.60. The van der Waals surface area contributed by atoms with E-state index in [-0.39, 0.29) is 0 Å². The van der Waals surface area contributed by atoms with Crippen LogP contribution in [0.5, 0.6) is 0 Å². The van der Waals surface area contributed by atoms with Crippen molar-refractivity contribution < 1.29 is 4.79 Å². The van der Waals surface area contributed by atoms with Crippen molar-refractivity contribution in [1.82, 2.24) is 0 Å². The summed E-state index contributed by atoms with van der Waals surface area (Å²) in [7, 11) is 0. The van der Waals surface area contributed by atoms with Gasteiger partial charge in [0.1, 0.15) is 6.29 Å². The lowest BCUT2D eigenvalue weighted by atomic mass is 9.75. The van der Waals surface area contributed by atoms with Crippen molar-refractivity contribution in [2.24, 2.45) is 17.3 Å². The summed E-state index contributed by atoms with van der Waals surface area (Å²) in [6.45, 7) is 2.37. The Balaban J connectivity index is 2.08. The zero-order chi connectivity index (χ0) is 7.90. The van der Waals surface area contributed by atoms with E-state index < -0.39 is 0 Å². The lowest BCUT2D eigenvalue weighted by Gasteiger charge is -2.29. The van der Waals surface area contributed by atoms with Crippen LogP contribution in [0.2, 0.25) is 0 Å². The smallest absolute Gasteiger partial charge is 0.120 e. The topological polar surface area (TPSA) is 17.1 Å². The first-order valence-electron chi connectivity index (χ1n) is 4.68. The highest BCUT2D eigenvalue weighted by Gasteiger charge is 2.47. The molecule has 0 spiro atoms. The van der Waals surface area contributed by atoms with Crippen LogP contribution in [0, 0.1) is 17.3 Å². The monoisotopic (exact) mass is 152 g/mol. The molecule has 0 amide bonds. The molecule has 0 aromatic carbocycles. The molecule has 2 rings (SSSR count). The van der Waals surface area contributed by atoms with Gasteiger partial charge in [0.25, 0.3) is 0 Å². The Kier molecular flexibility index (Phi) is 1.55. The molecule has 0 heterocycles. The molecule has 3 atom stereocenters. The Bertz CT molecular complexity index is 176. The molecule has 0 saturated heterocycles. The number of aldehydes is 1. The zero-order valence-corrected chi connectivity index (χ0v) is 7.18. The second kappa shape index (κ2) is 2.33. The molecule has 1 unspecified atom stereocenters. The summed E-state index contributed by atoms with van der Waals surface area (Å²) < 4.78 is 0. The van der Waals surface area contributed by atoms with Gasteiger partial charge in [-0.05, 0) is 42.9 Å². The third-order valence-corrected chi connectivity index (χ3v) is 3.86. The summed E-state index contributed by atoms with van der Waals surface area (Å²) in [6.07, 6.45) is 7.44. The number of hydrogen-bond acceptors (Lipinski definition) is 1.